The van der Waals surface area contributed by atoms with Crippen LogP contribution in [0.1, 0.15) is 26.6 Å². The van der Waals surface area contributed by atoms with Gasteiger partial charge in [0.2, 0.25) is 0 Å². The molecule has 140 valence electrons. The van der Waals surface area contributed by atoms with Gasteiger partial charge in [-0.25, -0.2) is 9.67 Å². The molecule has 0 spiro atoms. The highest BCUT2D eigenvalue weighted by atomic mass is 32.1. The summed E-state index contributed by atoms with van der Waals surface area (Å²) in [5.41, 5.74) is 3.50. The molecule has 4 rings (SSSR count). The molecule has 2 aromatic carbocycles. The molecular formula is C21H18N4O2S. The lowest BCUT2D eigenvalue weighted by Crippen LogP contribution is -2.26. The molecule has 28 heavy (non-hydrogen) atoms. The van der Waals surface area contributed by atoms with Crippen LogP contribution in [0.2, 0.25) is 0 Å². The van der Waals surface area contributed by atoms with Gasteiger partial charge in [-0.3, -0.25) is 9.59 Å². The minimum Gasteiger partial charge on any atom is -0.321 e. The predicted molar refractivity (Wildman–Crippen MR) is 111 cm³/mol. The Hall–Kier alpha value is -3.32. The minimum absolute atomic E-state index is 0.182. The highest BCUT2D eigenvalue weighted by Gasteiger charge is 2.11. The summed E-state index contributed by atoms with van der Waals surface area (Å²) in [6.45, 7) is 4.26. The smallest absolute Gasteiger partial charge is 0.276 e. The van der Waals surface area contributed by atoms with Crippen LogP contribution in [0.15, 0.2) is 59.4 Å². The maximum atomic E-state index is 12.6. The molecule has 1 N–H and O–H groups in total. The monoisotopic (exact) mass is 390 g/mol. The Balaban J connectivity index is 1.56. The first-order chi connectivity index (χ1) is 13.5. The van der Waals surface area contributed by atoms with E-state index in [1.165, 1.54) is 16.8 Å². The number of carbonyl (C=O) groups is 1. The van der Waals surface area contributed by atoms with E-state index in [-0.39, 0.29) is 17.2 Å². The van der Waals surface area contributed by atoms with Gasteiger partial charge in [-0.2, -0.15) is 5.10 Å². The van der Waals surface area contributed by atoms with Gasteiger partial charge in [0, 0.05) is 11.8 Å². The van der Waals surface area contributed by atoms with Crippen molar-refractivity contribution in [1.29, 1.82) is 0 Å². The Bertz CT molecular complexity index is 1230. The number of rotatable bonds is 4. The van der Waals surface area contributed by atoms with Gasteiger partial charge in [-0.05, 0) is 43.7 Å². The summed E-state index contributed by atoms with van der Waals surface area (Å²) in [5.74, 6) is -0.371. The first-order valence-electron chi connectivity index (χ1n) is 8.80. The molecule has 0 aliphatic heterocycles. The highest BCUT2D eigenvalue weighted by molar-refractivity contribution is 7.18. The van der Waals surface area contributed by atoms with E-state index in [1.54, 1.807) is 11.3 Å². The van der Waals surface area contributed by atoms with E-state index in [9.17, 15) is 9.59 Å². The fraction of sp³-hybridized carbons (Fsp3) is 0.143. The highest BCUT2D eigenvalue weighted by Crippen LogP contribution is 2.24. The van der Waals surface area contributed by atoms with Crippen LogP contribution < -0.4 is 10.9 Å². The number of fused-ring (bicyclic) bond motifs is 1. The van der Waals surface area contributed by atoms with Crippen molar-refractivity contribution < 1.29 is 4.79 Å². The summed E-state index contributed by atoms with van der Waals surface area (Å²) < 4.78 is 2.37. The van der Waals surface area contributed by atoms with Crippen molar-refractivity contribution in [3.63, 3.8) is 0 Å². The number of benzene rings is 2. The van der Waals surface area contributed by atoms with Crippen molar-refractivity contribution in [2.75, 3.05) is 5.32 Å². The number of thiazole rings is 1. The van der Waals surface area contributed by atoms with Crippen LogP contribution in [0.4, 0.5) is 5.69 Å². The summed E-state index contributed by atoms with van der Waals surface area (Å²) in [5, 5.41) is 8.03. The fourth-order valence-corrected chi connectivity index (χ4v) is 3.67. The minimum atomic E-state index is -0.371. The van der Waals surface area contributed by atoms with Crippen molar-refractivity contribution in [3.05, 3.63) is 86.8 Å². The number of amides is 1. The average Bonchev–Trinajstić information content (AvgIpc) is 3.04. The van der Waals surface area contributed by atoms with Gasteiger partial charge in [0.1, 0.15) is 5.69 Å². The first kappa shape index (κ1) is 18.1. The van der Waals surface area contributed by atoms with E-state index in [4.69, 9.17) is 0 Å². The molecule has 0 atom stereocenters. The topological polar surface area (TPSA) is 76.9 Å². The van der Waals surface area contributed by atoms with Crippen molar-refractivity contribution in [2.24, 2.45) is 0 Å². The summed E-state index contributed by atoms with van der Waals surface area (Å²) in [7, 11) is 0. The second kappa shape index (κ2) is 7.36. The molecule has 0 saturated heterocycles. The second-order valence-corrected chi connectivity index (χ2v) is 7.80. The number of nitrogens with one attached hydrogen (secondary N) is 1. The summed E-state index contributed by atoms with van der Waals surface area (Å²) in [6, 6.07) is 16.3. The number of hydrogen-bond acceptors (Lipinski definition) is 5. The van der Waals surface area contributed by atoms with Crippen molar-refractivity contribution in [1.82, 2.24) is 14.8 Å². The average molecular weight is 390 g/mol. The van der Waals surface area contributed by atoms with Gasteiger partial charge >= 0.3 is 0 Å². The molecule has 0 aliphatic carbocycles. The third kappa shape index (κ3) is 3.84. The second-order valence-electron chi connectivity index (χ2n) is 6.57. The molecule has 0 fully saturated rings. The Morgan fingerprint density at radius 3 is 2.64 bits per heavy atom. The van der Waals surface area contributed by atoms with Crippen LogP contribution in [0.5, 0.6) is 0 Å². The lowest BCUT2D eigenvalue weighted by molar-refractivity contribution is 0.102. The van der Waals surface area contributed by atoms with E-state index >= 15 is 0 Å². The summed E-state index contributed by atoms with van der Waals surface area (Å²) in [6.07, 6.45) is 0. The van der Waals surface area contributed by atoms with Crippen LogP contribution in [0, 0.1) is 13.8 Å². The Labute approximate surface area is 165 Å². The molecule has 6 nitrogen and oxygen atoms in total. The molecule has 0 saturated carbocycles. The zero-order valence-electron chi connectivity index (χ0n) is 15.5. The van der Waals surface area contributed by atoms with Gasteiger partial charge in [-0.1, -0.05) is 29.8 Å². The molecule has 0 aliphatic rings. The third-order valence-corrected chi connectivity index (χ3v) is 5.26. The standard InChI is InChI=1S/C21H18N4O2S/c1-13-3-5-15(6-4-13)12-25-20(26)10-8-17(24-25)21(27)23-16-7-9-19-18(11-16)22-14(2)28-19/h3-11H,12H2,1-2H3,(H,23,27). The van der Waals surface area contributed by atoms with Gasteiger partial charge < -0.3 is 5.32 Å². The largest absolute Gasteiger partial charge is 0.321 e. The summed E-state index contributed by atoms with van der Waals surface area (Å²) in [4.78, 5) is 29.2. The van der Waals surface area contributed by atoms with Gasteiger partial charge in [0.05, 0.1) is 21.8 Å². The zero-order chi connectivity index (χ0) is 19.7. The van der Waals surface area contributed by atoms with E-state index in [0.29, 0.717) is 12.2 Å². The Morgan fingerprint density at radius 1 is 1.07 bits per heavy atom. The van der Waals surface area contributed by atoms with Crippen LogP contribution >= 0.6 is 11.3 Å². The Kier molecular flexibility index (Phi) is 4.75. The molecule has 0 unspecified atom stereocenters. The number of hydrogen-bond donors (Lipinski definition) is 1. The number of anilines is 1. The number of carbonyl (C=O) groups excluding carboxylic acids is 1. The first-order valence-corrected chi connectivity index (χ1v) is 9.62. The van der Waals surface area contributed by atoms with Crippen LogP contribution in [0.25, 0.3) is 10.2 Å². The maximum absolute atomic E-state index is 12.6. The SMILES string of the molecule is Cc1ccc(Cn2nc(C(=O)Nc3ccc4sc(C)nc4c3)ccc2=O)cc1. The lowest BCUT2D eigenvalue weighted by atomic mass is 10.1. The quantitative estimate of drug-likeness (QED) is 0.575. The molecule has 2 aromatic heterocycles. The number of aryl methyl sites for hydroxylation is 2. The van der Waals surface area contributed by atoms with Crippen molar-refractivity contribution in [3.8, 4) is 0 Å². The van der Waals surface area contributed by atoms with Crippen molar-refractivity contribution >= 4 is 33.1 Å². The van der Waals surface area contributed by atoms with Crippen LogP contribution in [0.3, 0.4) is 0 Å². The predicted octanol–water partition coefficient (Wildman–Crippen LogP) is 3.77. The van der Waals surface area contributed by atoms with E-state index in [1.807, 2.05) is 56.3 Å². The fourth-order valence-electron chi connectivity index (χ4n) is 2.87. The molecule has 7 heteroatoms. The zero-order valence-corrected chi connectivity index (χ0v) is 16.3. The van der Waals surface area contributed by atoms with Crippen molar-refractivity contribution in [2.45, 2.75) is 20.4 Å². The van der Waals surface area contributed by atoms with E-state index in [0.717, 1.165) is 26.4 Å². The Morgan fingerprint density at radius 2 is 1.86 bits per heavy atom. The van der Waals surface area contributed by atoms with Gasteiger partial charge in [0.25, 0.3) is 11.5 Å². The van der Waals surface area contributed by atoms with Crippen LogP contribution in [-0.4, -0.2) is 20.7 Å². The third-order valence-electron chi connectivity index (χ3n) is 4.30. The molecule has 1 amide bonds. The van der Waals surface area contributed by atoms with Gasteiger partial charge in [-0.15, -0.1) is 11.3 Å². The van der Waals surface area contributed by atoms with Gasteiger partial charge in [0.15, 0.2) is 0 Å². The molecule has 0 bridgehead atoms. The maximum Gasteiger partial charge on any atom is 0.276 e. The lowest BCUT2D eigenvalue weighted by Gasteiger charge is -2.08. The van der Waals surface area contributed by atoms with E-state index in [2.05, 4.69) is 15.4 Å². The van der Waals surface area contributed by atoms with E-state index < -0.39 is 0 Å². The number of aromatic nitrogens is 3. The summed E-state index contributed by atoms with van der Waals surface area (Å²) >= 11 is 1.61. The normalized spacial score (nSPS) is 10.9. The molecule has 0 radical (unpaired) electrons. The molecular weight excluding hydrogens is 372 g/mol. The van der Waals surface area contributed by atoms with Crippen LogP contribution in [-0.2, 0) is 6.54 Å². The molecule has 2 heterocycles. The molecule has 4 aromatic rings. The number of nitrogens with zero attached hydrogens (tertiary/aromatic N) is 3.